The largest absolute Gasteiger partial charge is 0.501 e. The van der Waals surface area contributed by atoms with E-state index in [2.05, 4.69) is 22.5 Å². The Labute approximate surface area is 117 Å². The Morgan fingerprint density at radius 3 is 2.22 bits per heavy atom. The van der Waals surface area contributed by atoms with Gasteiger partial charge in [0.15, 0.2) is 0 Å². The second-order valence-corrected chi connectivity index (χ2v) is 4.92. The molecule has 0 aliphatic carbocycles. The maximum atomic E-state index is 11.5. The molecule has 4 heteroatoms. The second kappa shape index (κ2) is 7.41. The highest BCUT2D eigenvalue weighted by atomic mass is 79.9. The Bertz CT molecular complexity index is 377. The number of rotatable bonds is 7. The van der Waals surface area contributed by atoms with Crippen LogP contribution in [0, 0.1) is 5.41 Å². The lowest BCUT2D eigenvalue weighted by Gasteiger charge is -2.29. The maximum absolute atomic E-state index is 11.5. The summed E-state index contributed by atoms with van der Waals surface area (Å²) < 4.78 is 5.70. The fourth-order valence-electron chi connectivity index (χ4n) is 1.70. The van der Waals surface area contributed by atoms with Crippen LogP contribution in [-0.2, 0) is 9.53 Å². The third-order valence-electron chi connectivity index (χ3n) is 3.27. The van der Waals surface area contributed by atoms with Crippen LogP contribution in [0.2, 0.25) is 0 Å². The van der Waals surface area contributed by atoms with Gasteiger partial charge in [0, 0.05) is 4.48 Å². The zero-order valence-corrected chi connectivity index (χ0v) is 13.0. The van der Waals surface area contributed by atoms with Crippen molar-refractivity contribution in [1.29, 1.82) is 0 Å². The van der Waals surface area contributed by atoms with E-state index < -0.39 is 11.4 Å². The number of carbonyl (C=O) groups is 1. The Balaban J connectivity index is 5.30. The molecule has 0 spiro atoms. The van der Waals surface area contributed by atoms with Gasteiger partial charge in [-0.15, -0.1) is 0 Å². The minimum Gasteiger partial charge on any atom is -0.501 e. The van der Waals surface area contributed by atoms with Crippen molar-refractivity contribution in [2.45, 2.75) is 33.6 Å². The highest BCUT2D eigenvalue weighted by molar-refractivity contribution is 9.12. The van der Waals surface area contributed by atoms with E-state index in [0.29, 0.717) is 22.9 Å². The second-order valence-electron chi connectivity index (χ2n) is 4.07. The number of ether oxygens (including phenoxy) is 1. The molecule has 0 saturated carbocycles. The first-order valence-corrected chi connectivity index (χ1v) is 6.66. The van der Waals surface area contributed by atoms with Crippen molar-refractivity contribution in [3.63, 3.8) is 0 Å². The van der Waals surface area contributed by atoms with Crippen molar-refractivity contribution in [3.8, 4) is 0 Å². The number of allylic oxidation sites excluding steroid dienone is 4. The molecule has 0 unspecified atom stereocenters. The number of halogens is 1. The van der Waals surface area contributed by atoms with E-state index in [4.69, 9.17) is 4.74 Å². The molecule has 0 rings (SSSR count). The lowest BCUT2D eigenvalue weighted by Crippen LogP contribution is -2.31. The van der Waals surface area contributed by atoms with Crippen molar-refractivity contribution in [3.05, 3.63) is 34.5 Å². The molecule has 0 fully saturated rings. The van der Waals surface area contributed by atoms with E-state index in [9.17, 15) is 9.90 Å². The molecule has 0 aromatic heterocycles. The summed E-state index contributed by atoms with van der Waals surface area (Å²) in [5, 5.41) is 9.42. The molecule has 0 radical (unpaired) electrons. The Morgan fingerprint density at radius 2 is 1.89 bits per heavy atom. The molecule has 18 heavy (non-hydrogen) atoms. The SMILES string of the molecule is C=C(/C(Br)=C\C=C(/C)OC)C(CC)(CC)C(=O)O. The molecule has 0 amide bonds. The number of hydrogen-bond acceptors (Lipinski definition) is 2. The molecular formula is C14H21BrO3. The normalized spacial score (nSPS) is 13.4. The number of methoxy groups -OCH3 is 1. The summed E-state index contributed by atoms with van der Waals surface area (Å²) in [6.07, 6.45) is 4.55. The molecule has 1 N–H and O–H groups in total. The van der Waals surface area contributed by atoms with Gasteiger partial charge < -0.3 is 9.84 Å². The predicted octanol–water partition coefficient (Wildman–Crippen LogP) is 4.26. The highest BCUT2D eigenvalue weighted by Gasteiger charge is 2.38. The van der Waals surface area contributed by atoms with Gasteiger partial charge in [-0.2, -0.15) is 0 Å². The topological polar surface area (TPSA) is 46.5 Å². The molecule has 0 aliphatic rings. The highest BCUT2D eigenvalue weighted by Crippen LogP contribution is 2.40. The maximum Gasteiger partial charge on any atom is 0.314 e. The molecule has 0 heterocycles. The van der Waals surface area contributed by atoms with Crippen LogP contribution >= 0.6 is 15.9 Å². The van der Waals surface area contributed by atoms with E-state index >= 15 is 0 Å². The van der Waals surface area contributed by atoms with Crippen LogP contribution in [0.4, 0.5) is 0 Å². The van der Waals surface area contributed by atoms with Gasteiger partial charge in [-0.25, -0.2) is 0 Å². The van der Waals surface area contributed by atoms with Gasteiger partial charge in [0.2, 0.25) is 0 Å². The minimum atomic E-state index is -0.913. The van der Waals surface area contributed by atoms with Crippen LogP contribution in [0.15, 0.2) is 34.5 Å². The van der Waals surface area contributed by atoms with Crippen molar-refractivity contribution >= 4 is 21.9 Å². The zero-order valence-electron chi connectivity index (χ0n) is 11.4. The first-order valence-electron chi connectivity index (χ1n) is 5.86. The molecule has 102 valence electrons. The van der Waals surface area contributed by atoms with Crippen molar-refractivity contribution < 1.29 is 14.6 Å². The summed E-state index contributed by atoms with van der Waals surface area (Å²) in [7, 11) is 1.59. The zero-order chi connectivity index (χ0) is 14.3. The van der Waals surface area contributed by atoms with Gasteiger partial charge in [0.05, 0.1) is 18.3 Å². The Morgan fingerprint density at radius 1 is 1.39 bits per heavy atom. The van der Waals surface area contributed by atoms with E-state index in [0.717, 1.165) is 5.76 Å². The average molecular weight is 317 g/mol. The number of aliphatic carboxylic acids is 1. The predicted molar refractivity (Wildman–Crippen MR) is 77.6 cm³/mol. The lowest BCUT2D eigenvalue weighted by molar-refractivity contribution is -0.146. The minimum absolute atomic E-state index is 0.508. The Hall–Kier alpha value is -1.03. The third-order valence-corrected chi connectivity index (χ3v) is 4.01. The lowest BCUT2D eigenvalue weighted by atomic mass is 9.76. The molecule has 0 aliphatic heterocycles. The van der Waals surface area contributed by atoms with Crippen LogP contribution < -0.4 is 0 Å². The third kappa shape index (κ3) is 3.73. The van der Waals surface area contributed by atoms with Crippen molar-refractivity contribution in [2.24, 2.45) is 5.41 Å². The van der Waals surface area contributed by atoms with Crippen LogP contribution in [-0.4, -0.2) is 18.2 Å². The van der Waals surface area contributed by atoms with Crippen LogP contribution in [0.1, 0.15) is 33.6 Å². The number of carboxylic acid groups (broad SMARTS) is 1. The van der Waals surface area contributed by atoms with Gasteiger partial charge >= 0.3 is 5.97 Å². The van der Waals surface area contributed by atoms with E-state index in [-0.39, 0.29) is 0 Å². The van der Waals surface area contributed by atoms with Crippen LogP contribution in [0.25, 0.3) is 0 Å². The summed E-state index contributed by atoms with van der Waals surface area (Å²) in [6, 6.07) is 0. The first-order chi connectivity index (χ1) is 8.35. The molecule has 0 aromatic carbocycles. The van der Waals surface area contributed by atoms with E-state index in [1.807, 2.05) is 20.8 Å². The van der Waals surface area contributed by atoms with Crippen LogP contribution in [0.3, 0.4) is 0 Å². The first kappa shape index (κ1) is 17.0. The molecule has 0 aromatic rings. The summed E-state index contributed by atoms with van der Waals surface area (Å²) in [5.41, 5.74) is -0.329. The average Bonchev–Trinajstić information content (AvgIpc) is 2.36. The summed E-state index contributed by atoms with van der Waals surface area (Å²) in [5.74, 6) is -0.0936. The standard InChI is InChI=1S/C14H21BrO3/c1-6-14(7-2,13(16)17)11(4)12(15)9-8-10(3)18-5/h8-9H,4,6-7H2,1-3,5H3,(H,16,17)/b10-8+,12-9+. The number of carboxylic acids is 1. The smallest absolute Gasteiger partial charge is 0.314 e. The summed E-state index contributed by atoms with van der Waals surface area (Å²) in [4.78, 5) is 11.5. The van der Waals surface area contributed by atoms with E-state index in [1.165, 1.54) is 0 Å². The molecular weight excluding hydrogens is 296 g/mol. The molecule has 0 saturated heterocycles. The van der Waals surface area contributed by atoms with Gasteiger partial charge in [-0.1, -0.05) is 36.4 Å². The summed E-state index contributed by atoms with van der Waals surface area (Å²) >= 11 is 3.38. The quantitative estimate of drug-likeness (QED) is 0.563. The number of hydrogen-bond donors (Lipinski definition) is 1. The van der Waals surface area contributed by atoms with E-state index in [1.54, 1.807) is 19.3 Å². The fraction of sp³-hybridized carbons (Fsp3) is 0.500. The Kier molecular flexibility index (Phi) is 6.99. The van der Waals surface area contributed by atoms with Gasteiger partial charge in [0.1, 0.15) is 0 Å². The fourth-order valence-corrected chi connectivity index (χ4v) is 2.21. The monoisotopic (exact) mass is 316 g/mol. The molecule has 0 bridgehead atoms. The van der Waals surface area contributed by atoms with Crippen molar-refractivity contribution in [2.75, 3.05) is 7.11 Å². The molecule has 0 atom stereocenters. The summed E-state index contributed by atoms with van der Waals surface area (Å²) in [6.45, 7) is 9.47. The molecule has 3 nitrogen and oxygen atoms in total. The van der Waals surface area contributed by atoms with Crippen LogP contribution in [0.5, 0.6) is 0 Å². The van der Waals surface area contributed by atoms with Gasteiger partial charge in [-0.3, -0.25) is 4.79 Å². The van der Waals surface area contributed by atoms with Crippen molar-refractivity contribution in [1.82, 2.24) is 0 Å². The van der Waals surface area contributed by atoms with Gasteiger partial charge in [-0.05, 0) is 37.5 Å². The van der Waals surface area contributed by atoms with Gasteiger partial charge in [0.25, 0.3) is 0 Å².